The van der Waals surface area contributed by atoms with Crippen molar-refractivity contribution in [2.75, 3.05) is 11.9 Å². The minimum absolute atomic E-state index is 0.980. The summed E-state index contributed by atoms with van der Waals surface area (Å²) in [6.07, 6.45) is 5.45. The third kappa shape index (κ3) is 3.99. The molecule has 0 aliphatic carbocycles. The summed E-state index contributed by atoms with van der Waals surface area (Å²) >= 11 is 0. The molecule has 0 bridgehead atoms. The van der Waals surface area contributed by atoms with Gasteiger partial charge in [-0.05, 0) is 26.2 Å². The number of rotatable bonds is 7. The summed E-state index contributed by atoms with van der Waals surface area (Å²) in [5, 5.41) is 3.40. The molecule has 0 atom stereocenters. The van der Waals surface area contributed by atoms with E-state index in [4.69, 9.17) is 0 Å². The Balaban J connectivity index is 2.92. The molecular weight excluding hydrogens is 210 g/mol. The Morgan fingerprint density at radius 3 is 2.41 bits per heavy atom. The summed E-state index contributed by atoms with van der Waals surface area (Å²) in [5.41, 5.74) is 2.39. The van der Waals surface area contributed by atoms with E-state index in [0.29, 0.717) is 0 Å². The van der Waals surface area contributed by atoms with Crippen LogP contribution >= 0.6 is 0 Å². The quantitative estimate of drug-likeness (QED) is 0.786. The highest BCUT2D eigenvalue weighted by molar-refractivity contribution is 5.45. The second kappa shape index (κ2) is 7.25. The van der Waals surface area contributed by atoms with Crippen LogP contribution in [-0.4, -0.2) is 16.5 Å². The van der Waals surface area contributed by atoms with Crippen molar-refractivity contribution in [2.24, 2.45) is 0 Å². The summed E-state index contributed by atoms with van der Waals surface area (Å²) in [7, 11) is 0. The van der Waals surface area contributed by atoms with Gasteiger partial charge in [0.1, 0.15) is 11.6 Å². The number of aromatic nitrogens is 2. The van der Waals surface area contributed by atoms with E-state index in [1.807, 2.05) is 0 Å². The van der Waals surface area contributed by atoms with Gasteiger partial charge in [-0.15, -0.1) is 0 Å². The van der Waals surface area contributed by atoms with Gasteiger partial charge < -0.3 is 5.32 Å². The van der Waals surface area contributed by atoms with Gasteiger partial charge in [-0.25, -0.2) is 9.97 Å². The second-order valence-electron chi connectivity index (χ2n) is 4.44. The molecule has 0 spiro atoms. The van der Waals surface area contributed by atoms with Gasteiger partial charge in [0.05, 0.1) is 0 Å². The zero-order valence-corrected chi connectivity index (χ0v) is 11.6. The number of aryl methyl sites for hydroxylation is 2. The number of hydrogen-bond acceptors (Lipinski definition) is 3. The molecule has 0 aliphatic rings. The van der Waals surface area contributed by atoms with Crippen LogP contribution in [0.3, 0.4) is 0 Å². The highest BCUT2D eigenvalue weighted by atomic mass is 15.0. The van der Waals surface area contributed by atoms with Gasteiger partial charge in [0.25, 0.3) is 0 Å². The van der Waals surface area contributed by atoms with Crippen LogP contribution in [0.4, 0.5) is 5.82 Å². The Hall–Kier alpha value is -1.12. The van der Waals surface area contributed by atoms with E-state index in [1.54, 1.807) is 0 Å². The van der Waals surface area contributed by atoms with E-state index >= 15 is 0 Å². The predicted molar refractivity (Wildman–Crippen MR) is 73.5 cm³/mol. The van der Waals surface area contributed by atoms with Gasteiger partial charge in [-0.1, -0.05) is 27.2 Å². The van der Waals surface area contributed by atoms with Crippen molar-refractivity contribution in [1.29, 1.82) is 0 Å². The molecule has 0 saturated heterocycles. The van der Waals surface area contributed by atoms with E-state index in [9.17, 15) is 0 Å². The van der Waals surface area contributed by atoms with E-state index in [2.05, 4.69) is 43.0 Å². The lowest BCUT2D eigenvalue weighted by Crippen LogP contribution is -2.10. The highest BCUT2D eigenvalue weighted by Crippen LogP contribution is 2.17. The first kappa shape index (κ1) is 13.9. The molecular formula is C14H25N3. The Morgan fingerprint density at radius 2 is 1.82 bits per heavy atom. The average Bonchev–Trinajstić information content (AvgIpc) is 2.35. The minimum atomic E-state index is 0.980. The van der Waals surface area contributed by atoms with Crippen LogP contribution in [-0.2, 0) is 12.8 Å². The van der Waals surface area contributed by atoms with Crippen molar-refractivity contribution in [3.63, 3.8) is 0 Å². The Bertz CT molecular complexity index is 348. The Labute approximate surface area is 105 Å². The van der Waals surface area contributed by atoms with Crippen molar-refractivity contribution < 1.29 is 0 Å². The molecule has 0 aliphatic heterocycles. The van der Waals surface area contributed by atoms with E-state index in [-0.39, 0.29) is 0 Å². The van der Waals surface area contributed by atoms with Gasteiger partial charge >= 0.3 is 0 Å². The van der Waals surface area contributed by atoms with E-state index in [0.717, 1.165) is 37.4 Å². The fourth-order valence-corrected chi connectivity index (χ4v) is 1.82. The minimum Gasteiger partial charge on any atom is -0.370 e. The van der Waals surface area contributed by atoms with Crippen molar-refractivity contribution in [1.82, 2.24) is 9.97 Å². The zero-order chi connectivity index (χ0) is 12.7. The molecule has 0 saturated carbocycles. The molecule has 1 rings (SSSR count). The normalized spacial score (nSPS) is 10.6. The summed E-state index contributed by atoms with van der Waals surface area (Å²) in [5.74, 6) is 2.03. The molecule has 0 fully saturated rings. The predicted octanol–water partition coefficient (Wildman–Crippen LogP) is 3.51. The molecule has 0 radical (unpaired) electrons. The number of nitrogens with zero attached hydrogens (tertiary/aromatic N) is 2. The number of hydrogen-bond donors (Lipinski definition) is 1. The molecule has 17 heavy (non-hydrogen) atoms. The molecule has 0 amide bonds. The standard InChI is InChI=1S/C14H25N3/c1-5-8-9-13-16-12(7-3)11(4)14(17-13)15-10-6-2/h5-10H2,1-4H3,(H,15,16,17). The summed E-state index contributed by atoms with van der Waals surface area (Å²) in [4.78, 5) is 9.28. The van der Waals surface area contributed by atoms with Crippen LogP contribution in [0.5, 0.6) is 0 Å². The van der Waals surface area contributed by atoms with Crippen molar-refractivity contribution in [3.8, 4) is 0 Å². The molecule has 96 valence electrons. The largest absolute Gasteiger partial charge is 0.370 e. The number of unbranched alkanes of at least 4 members (excludes halogenated alkanes) is 1. The Morgan fingerprint density at radius 1 is 1.06 bits per heavy atom. The molecule has 0 unspecified atom stereocenters. The SMILES string of the molecule is CCCCc1nc(CC)c(C)c(NCCC)n1. The maximum absolute atomic E-state index is 4.65. The molecule has 1 aromatic heterocycles. The number of nitrogens with one attached hydrogen (secondary N) is 1. The lowest BCUT2D eigenvalue weighted by molar-refractivity contribution is 0.741. The summed E-state index contributed by atoms with van der Waals surface area (Å²) < 4.78 is 0. The fourth-order valence-electron chi connectivity index (χ4n) is 1.82. The number of anilines is 1. The zero-order valence-electron chi connectivity index (χ0n) is 11.6. The van der Waals surface area contributed by atoms with Gasteiger partial charge in [0, 0.05) is 24.2 Å². The van der Waals surface area contributed by atoms with Gasteiger partial charge in [0.15, 0.2) is 0 Å². The lowest BCUT2D eigenvalue weighted by atomic mass is 10.1. The van der Waals surface area contributed by atoms with Gasteiger partial charge in [-0.2, -0.15) is 0 Å². The van der Waals surface area contributed by atoms with Crippen molar-refractivity contribution in [2.45, 2.75) is 59.8 Å². The third-order valence-corrected chi connectivity index (χ3v) is 2.92. The molecule has 0 aromatic carbocycles. The van der Waals surface area contributed by atoms with Crippen LogP contribution in [0.15, 0.2) is 0 Å². The van der Waals surface area contributed by atoms with Gasteiger partial charge in [-0.3, -0.25) is 0 Å². The third-order valence-electron chi connectivity index (χ3n) is 2.92. The molecule has 3 nitrogen and oxygen atoms in total. The van der Waals surface area contributed by atoms with E-state index < -0.39 is 0 Å². The van der Waals surface area contributed by atoms with Crippen LogP contribution in [0.25, 0.3) is 0 Å². The maximum atomic E-state index is 4.65. The van der Waals surface area contributed by atoms with Crippen molar-refractivity contribution >= 4 is 5.82 Å². The Kier molecular flexibility index (Phi) is 5.95. The average molecular weight is 235 g/mol. The molecule has 1 aromatic rings. The highest BCUT2D eigenvalue weighted by Gasteiger charge is 2.08. The first-order chi connectivity index (χ1) is 8.22. The van der Waals surface area contributed by atoms with Gasteiger partial charge in [0.2, 0.25) is 0 Å². The molecule has 1 heterocycles. The fraction of sp³-hybridized carbons (Fsp3) is 0.714. The molecule has 1 N–H and O–H groups in total. The molecule has 3 heteroatoms. The maximum Gasteiger partial charge on any atom is 0.132 e. The van der Waals surface area contributed by atoms with Crippen LogP contribution in [0, 0.1) is 6.92 Å². The lowest BCUT2D eigenvalue weighted by Gasteiger charge is -2.12. The first-order valence-electron chi connectivity index (χ1n) is 6.83. The topological polar surface area (TPSA) is 37.8 Å². The second-order valence-corrected chi connectivity index (χ2v) is 4.44. The first-order valence-corrected chi connectivity index (χ1v) is 6.83. The summed E-state index contributed by atoms with van der Waals surface area (Å²) in [6.45, 7) is 9.62. The van der Waals surface area contributed by atoms with Crippen LogP contribution < -0.4 is 5.32 Å². The van der Waals surface area contributed by atoms with Crippen LogP contribution in [0.1, 0.15) is 57.1 Å². The van der Waals surface area contributed by atoms with E-state index in [1.165, 1.54) is 24.1 Å². The van der Waals surface area contributed by atoms with Crippen LogP contribution in [0.2, 0.25) is 0 Å². The smallest absolute Gasteiger partial charge is 0.132 e. The van der Waals surface area contributed by atoms with Crippen molar-refractivity contribution in [3.05, 3.63) is 17.1 Å². The monoisotopic (exact) mass is 235 g/mol. The summed E-state index contributed by atoms with van der Waals surface area (Å²) in [6, 6.07) is 0.